The van der Waals surface area contributed by atoms with Crippen molar-refractivity contribution < 1.29 is 18.6 Å². The molecule has 1 aromatic heterocycles. The minimum atomic E-state index is -0.433. The standard InChI is InChI=1S/C17H14FN3O3/c1-2-23-14-9-5-11(6-10-14)15-16(21-24-20-15)19-17(22)12-3-7-13(18)8-4-12/h3-10H,2H2,1H3,(H,19,21,22). The highest BCUT2D eigenvalue weighted by Gasteiger charge is 2.16. The molecule has 2 aromatic carbocycles. The number of rotatable bonds is 5. The largest absolute Gasteiger partial charge is 0.494 e. The van der Waals surface area contributed by atoms with Gasteiger partial charge in [-0.3, -0.25) is 4.79 Å². The summed E-state index contributed by atoms with van der Waals surface area (Å²) in [6.07, 6.45) is 0. The zero-order valence-electron chi connectivity index (χ0n) is 12.8. The molecule has 0 fully saturated rings. The van der Waals surface area contributed by atoms with Crippen molar-refractivity contribution in [1.29, 1.82) is 0 Å². The molecule has 0 aliphatic rings. The van der Waals surface area contributed by atoms with Crippen molar-refractivity contribution in [2.24, 2.45) is 0 Å². The van der Waals surface area contributed by atoms with Gasteiger partial charge in [-0.15, -0.1) is 0 Å². The minimum absolute atomic E-state index is 0.188. The Morgan fingerprint density at radius 1 is 1.12 bits per heavy atom. The molecule has 0 aliphatic heterocycles. The molecule has 3 rings (SSSR count). The maximum Gasteiger partial charge on any atom is 0.256 e. The van der Waals surface area contributed by atoms with Crippen molar-refractivity contribution in [3.63, 3.8) is 0 Å². The second-order valence-electron chi connectivity index (χ2n) is 4.88. The number of hydrogen-bond donors (Lipinski definition) is 1. The van der Waals surface area contributed by atoms with Crippen LogP contribution >= 0.6 is 0 Å². The predicted molar refractivity (Wildman–Crippen MR) is 85.3 cm³/mol. The summed E-state index contributed by atoms with van der Waals surface area (Å²) in [5.74, 6) is 0.0747. The molecule has 0 atom stereocenters. The first-order valence-corrected chi connectivity index (χ1v) is 7.30. The molecule has 0 unspecified atom stereocenters. The van der Waals surface area contributed by atoms with Crippen LogP contribution in [0.1, 0.15) is 17.3 Å². The third kappa shape index (κ3) is 3.40. The number of amides is 1. The van der Waals surface area contributed by atoms with E-state index in [2.05, 4.69) is 15.6 Å². The lowest BCUT2D eigenvalue weighted by molar-refractivity contribution is 0.102. The van der Waals surface area contributed by atoms with Crippen LogP contribution in [0.3, 0.4) is 0 Å². The van der Waals surface area contributed by atoms with Gasteiger partial charge in [0.1, 0.15) is 11.6 Å². The van der Waals surface area contributed by atoms with E-state index in [1.54, 1.807) is 24.3 Å². The Hall–Kier alpha value is -3.22. The third-order valence-electron chi connectivity index (χ3n) is 3.27. The normalized spacial score (nSPS) is 10.4. The number of halogens is 1. The Morgan fingerprint density at radius 3 is 2.50 bits per heavy atom. The summed E-state index contributed by atoms with van der Waals surface area (Å²) in [5.41, 5.74) is 1.42. The van der Waals surface area contributed by atoms with Crippen LogP contribution in [-0.4, -0.2) is 22.8 Å². The van der Waals surface area contributed by atoms with Crippen molar-refractivity contribution in [3.05, 3.63) is 59.9 Å². The number of nitrogens with one attached hydrogen (secondary N) is 1. The van der Waals surface area contributed by atoms with E-state index >= 15 is 0 Å². The van der Waals surface area contributed by atoms with Crippen LogP contribution in [0.15, 0.2) is 53.2 Å². The van der Waals surface area contributed by atoms with Crippen LogP contribution < -0.4 is 10.1 Å². The van der Waals surface area contributed by atoms with E-state index in [1.807, 2.05) is 6.92 Å². The van der Waals surface area contributed by atoms with Gasteiger partial charge in [-0.1, -0.05) is 0 Å². The molecule has 6 nitrogen and oxygen atoms in total. The molecular weight excluding hydrogens is 313 g/mol. The van der Waals surface area contributed by atoms with Crippen molar-refractivity contribution in [2.45, 2.75) is 6.92 Å². The first-order chi connectivity index (χ1) is 11.7. The zero-order chi connectivity index (χ0) is 16.9. The topological polar surface area (TPSA) is 77.2 Å². The summed E-state index contributed by atoms with van der Waals surface area (Å²) in [5, 5.41) is 10.1. The summed E-state index contributed by atoms with van der Waals surface area (Å²) in [6.45, 7) is 2.47. The molecule has 3 aromatic rings. The van der Waals surface area contributed by atoms with Crippen molar-refractivity contribution in [1.82, 2.24) is 10.3 Å². The Labute approximate surface area is 137 Å². The van der Waals surface area contributed by atoms with E-state index in [0.29, 0.717) is 23.4 Å². The molecule has 122 valence electrons. The summed E-state index contributed by atoms with van der Waals surface area (Å²) in [4.78, 5) is 12.2. The number of ether oxygens (including phenoxy) is 1. The van der Waals surface area contributed by atoms with Crippen molar-refractivity contribution in [3.8, 4) is 17.0 Å². The summed E-state index contributed by atoms with van der Waals surface area (Å²) in [7, 11) is 0. The molecule has 0 aliphatic carbocycles. The second kappa shape index (κ2) is 6.91. The highest BCUT2D eigenvalue weighted by Crippen LogP contribution is 2.26. The fraction of sp³-hybridized carbons (Fsp3) is 0.118. The first kappa shape index (κ1) is 15.7. The van der Waals surface area contributed by atoms with Gasteiger partial charge in [0.25, 0.3) is 5.91 Å². The van der Waals surface area contributed by atoms with E-state index in [0.717, 1.165) is 5.75 Å². The first-order valence-electron chi connectivity index (χ1n) is 7.30. The molecular formula is C17H14FN3O3. The van der Waals surface area contributed by atoms with Crippen LogP contribution in [0.2, 0.25) is 0 Å². The zero-order valence-corrected chi connectivity index (χ0v) is 12.8. The second-order valence-corrected chi connectivity index (χ2v) is 4.88. The molecule has 7 heteroatoms. The Kier molecular flexibility index (Phi) is 4.51. The average molecular weight is 327 g/mol. The van der Waals surface area contributed by atoms with Crippen molar-refractivity contribution >= 4 is 11.7 Å². The van der Waals surface area contributed by atoms with E-state index in [1.165, 1.54) is 24.3 Å². The molecule has 0 radical (unpaired) electrons. The smallest absolute Gasteiger partial charge is 0.256 e. The van der Waals surface area contributed by atoms with Gasteiger partial charge in [-0.25, -0.2) is 9.02 Å². The Morgan fingerprint density at radius 2 is 1.83 bits per heavy atom. The molecule has 1 heterocycles. The fourth-order valence-electron chi connectivity index (χ4n) is 2.12. The maximum absolute atomic E-state index is 12.9. The highest BCUT2D eigenvalue weighted by atomic mass is 19.1. The van der Waals surface area contributed by atoms with Crippen LogP contribution in [-0.2, 0) is 0 Å². The molecule has 24 heavy (non-hydrogen) atoms. The number of aromatic nitrogens is 2. The van der Waals surface area contributed by atoms with Crippen LogP contribution in [0.25, 0.3) is 11.3 Å². The summed E-state index contributed by atoms with van der Waals surface area (Å²) < 4.78 is 23.0. The molecule has 0 saturated carbocycles. The number of hydrogen-bond acceptors (Lipinski definition) is 5. The lowest BCUT2D eigenvalue weighted by Gasteiger charge is -2.05. The Bertz CT molecular complexity index is 829. The van der Waals surface area contributed by atoms with Gasteiger partial charge in [0, 0.05) is 11.1 Å². The van der Waals surface area contributed by atoms with E-state index in [4.69, 9.17) is 9.37 Å². The molecule has 1 amide bonds. The lowest BCUT2D eigenvalue weighted by Crippen LogP contribution is -2.12. The number of carbonyl (C=O) groups is 1. The molecule has 0 spiro atoms. The van der Waals surface area contributed by atoms with E-state index in [-0.39, 0.29) is 5.82 Å². The number of benzene rings is 2. The SMILES string of the molecule is CCOc1ccc(-c2nonc2NC(=O)c2ccc(F)cc2)cc1. The monoisotopic (exact) mass is 327 g/mol. The van der Waals surface area contributed by atoms with Gasteiger partial charge in [-0.2, -0.15) is 0 Å². The highest BCUT2D eigenvalue weighted by molar-refractivity contribution is 6.05. The minimum Gasteiger partial charge on any atom is -0.494 e. The van der Waals surface area contributed by atoms with Crippen molar-refractivity contribution in [2.75, 3.05) is 11.9 Å². The number of carbonyl (C=O) groups excluding carboxylic acids is 1. The number of nitrogens with zero attached hydrogens (tertiary/aromatic N) is 2. The lowest BCUT2D eigenvalue weighted by atomic mass is 10.1. The van der Waals surface area contributed by atoms with Crippen LogP contribution in [0.4, 0.5) is 10.2 Å². The van der Waals surface area contributed by atoms with Crippen LogP contribution in [0.5, 0.6) is 5.75 Å². The van der Waals surface area contributed by atoms with Gasteiger partial charge < -0.3 is 10.1 Å². The summed E-state index contributed by atoms with van der Waals surface area (Å²) in [6, 6.07) is 12.4. The molecule has 1 N–H and O–H groups in total. The van der Waals surface area contributed by atoms with Crippen LogP contribution in [0, 0.1) is 5.82 Å². The third-order valence-corrected chi connectivity index (χ3v) is 3.27. The van der Waals surface area contributed by atoms with Gasteiger partial charge in [0.15, 0.2) is 5.69 Å². The van der Waals surface area contributed by atoms with Gasteiger partial charge in [0.2, 0.25) is 5.82 Å². The van der Waals surface area contributed by atoms with E-state index < -0.39 is 11.7 Å². The molecule has 0 saturated heterocycles. The predicted octanol–water partition coefficient (Wildman–Crippen LogP) is 3.53. The number of anilines is 1. The van der Waals surface area contributed by atoms with Gasteiger partial charge in [0.05, 0.1) is 6.61 Å². The van der Waals surface area contributed by atoms with Gasteiger partial charge >= 0.3 is 0 Å². The fourth-order valence-corrected chi connectivity index (χ4v) is 2.12. The quantitative estimate of drug-likeness (QED) is 0.776. The van der Waals surface area contributed by atoms with Gasteiger partial charge in [-0.05, 0) is 65.8 Å². The summed E-state index contributed by atoms with van der Waals surface area (Å²) >= 11 is 0. The average Bonchev–Trinajstić information content (AvgIpc) is 3.04. The van der Waals surface area contributed by atoms with E-state index in [9.17, 15) is 9.18 Å². The molecule has 0 bridgehead atoms. The Balaban J connectivity index is 1.80. The maximum atomic E-state index is 12.9.